The van der Waals surface area contributed by atoms with Crippen LogP contribution in [0.3, 0.4) is 0 Å². The summed E-state index contributed by atoms with van der Waals surface area (Å²) in [4.78, 5) is 14.5. The van der Waals surface area contributed by atoms with E-state index in [1.54, 1.807) is 0 Å². The van der Waals surface area contributed by atoms with E-state index in [2.05, 4.69) is 58.8 Å². The summed E-state index contributed by atoms with van der Waals surface area (Å²) >= 11 is 6.15. The molecule has 0 fully saturated rings. The fraction of sp³-hybridized carbons (Fsp3) is 0.250. The predicted octanol–water partition coefficient (Wildman–Crippen LogP) is 4.24. The average Bonchev–Trinajstić information content (AvgIpc) is 3.24. The van der Waals surface area contributed by atoms with E-state index in [4.69, 9.17) is 11.6 Å². The van der Waals surface area contributed by atoms with Crippen molar-refractivity contribution in [2.75, 3.05) is 19.6 Å². The first-order valence-corrected chi connectivity index (χ1v) is 10.5. The van der Waals surface area contributed by atoms with Crippen molar-refractivity contribution >= 4 is 23.1 Å². The van der Waals surface area contributed by atoms with Crippen LogP contribution in [0.2, 0.25) is 5.02 Å². The monoisotopic (exact) mass is 420 g/mol. The summed E-state index contributed by atoms with van der Waals surface area (Å²) in [5.41, 5.74) is 5.63. The van der Waals surface area contributed by atoms with Crippen LogP contribution in [-0.4, -0.2) is 40.2 Å². The van der Waals surface area contributed by atoms with E-state index in [0.717, 1.165) is 36.3 Å². The third-order valence-electron chi connectivity index (χ3n) is 5.35. The van der Waals surface area contributed by atoms with Crippen molar-refractivity contribution in [1.82, 2.24) is 20.0 Å². The number of hydrogen-bond donors (Lipinski definition) is 1. The number of benzene rings is 2. The van der Waals surface area contributed by atoms with Crippen LogP contribution in [0, 0.1) is 6.92 Å². The molecule has 0 atom stereocenters. The van der Waals surface area contributed by atoms with Crippen LogP contribution in [-0.2, 0) is 11.3 Å². The van der Waals surface area contributed by atoms with E-state index in [1.807, 2.05) is 35.1 Å². The molecule has 1 amide bonds. The highest BCUT2D eigenvalue weighted by Gasteiger charge is 2.17. The van der Waals surface area contributed by atoms with E-state index >= 15 is 0 Å². The Hall–Kier alpha value is -2.89. The summed E-state index contributed by atoms with van der Waals surface area (Å²) in [6, 6.07) is 15.9. The summed E-state index contributed by atoms with van der Waals surface area (Å²) in [6.45, 7) is 4.52. The molecule has 1 aliphatic heterocycles. The number of nitrogens with one attached hydrogen (secondary N) is 1. The number of aryl methyl sites for hydroxylation is 1. The van der Waals surface area contributed by atoms with E-state index in [0.29, 0.717) is 18.1 Å². The van der Waals surface area contributed by atoms with Crippen molar-refractivity contribution < 1.29 is 4.79 Å². The molecule has 0 saturated carbocycles. The van der Waals surface area contributed by atoms with Crippen LogP contribution >= 0.6 is 11.6 Å². The zero-order valence-corrected chi connectivity index (χ0v) is 17.8. The molecular weight excluding hydrogens is 396 g/mol. The van der Waals surface area contributed by atoms with E-state index in [1.165, 1.54) is 11.1 Å². The minimum atomic E-state index is 0.0129. The first-order chi connectivity index (χ1) is 14.6. The molecule has 0 radical (unpaired) electrons. The second-order valence-electron chi connectivity index (χ2n) is 7.59. The first-order valence-electron chi connectivity index (χ1n) is 10.1. The number of nitrogens with zero attached hydrogens (tertiary/aromatic N) is 3. The Labute approximate surface area is 182 Å². The summed E-state index contributed by atoms with van der Waals surface area (Å²) in [7, 11) is 0. The summed E-state index contributed by atoms with van der Waals surface area (Å²) in [5, 5.41) is 8.14. The molecule has 0 unspecified atom stereocenters. The largest absolute Gasteiger partial charge is 0.351 e. The van der Waals surface area contributed by atoms with Gasteiger partial charge in [0.15, 0.2) is 0 Å². The average molecular weight is 421 g/mol. The van der Waals surface area contributed by atoms with Crippen LogP contribution in [0.1, 0.15) is 23.1 Å². The molecule has 4 rings (SSSR count). The minimum Gasteiger partial charge on any atom is -0.351 e. The van der Waals surface area contributed by atoms with Crippen LogP contribution in [0.4, 0.5) is 0 Å². The van der Waals surface area contributed by atoms with E-state index in [-0.39, 0.29) is 5.91 Å². The topological polar surface area (TPSA) is 50.2 Å². The molecule has 0 spiro atoms. The van der Waals surface area contributed by atoms with Gasteiger partial charge in [-0.25, -0.2) is 4.68 Å². The molecule has 6 heteroatoms. The van der Waals surface area contributed by atoms with Crippen molar-refractivity contribution in [3.05, 3.63) is 88.7 Å². The van der Waals surface area contributed by atoms with Crippen LogP contribution in [0.15, 0.2) is 67.0 Å². The van der Waals surface area contributed by atoms with Crippen molar-refractivity contribution in [3.8, 4) is 5.69 Å². The number of carbonyl (C=O) groups excluding carboxylic acids is 1. The Balaban J connectivity index is 1.30. The molecule has 1 aliphatic rings. The third kappa shape index (κ3) is 4.99. The van der Waals surface area contributed by atoms with E-state index in [9.17, 15) is 4.79 Å². The van der Waals surface area contributed by atoms with Gasteiger partial charge in [-0.15, -0.1) is 0 Å². The lowest BCUT2D eigenvalue weighted by Gasteiger charge is -2.25. The molecule has 0 saturated heterocycles. The molecule has 5 nitrogen and oxygen atoms in total. The number of halogens is 1. The zero-order valence-electron chi connectivity index (χ0n) is 17.0. The zero-order chi connectivity index (χ0) is 20.9. The van der Waals surface area contributed by atoms with Gasteiger partial charge in [-0.3, -0.25) is 9.69 Å². The minimum absolute atomic E-state index is 0.0129. The fourth-order valence-electron chi connectivity index (χ4n) is 3.54. The van der Waals surface area contributed by atoms with Crippen molar-refractivity contribution in [1.29, 1.82) is 0 Å². The lowest BCUT2D eigenvalue weighted by Crippen LogP contribution is -2.39. The highest BCUT2D eigenvalue weighted by atomic mass is 35.5. The Morgan fingerprint density at radius 1 is 1.17 bits per heavy atom. The highest BCUT2D eigenvalue weighted by Crippen LogP contribution is 2.23. The molecule has 1 N–H and O–H groups in total. The summed E-state index contributed by atoms with van der Waals surface area (Å²) in [6.07, 6.45) is 7.08. The fourth-order valence-corrected chi connectivity index (χ4v) is 3.74. The predicted molar refractivity (Wildman–Crippen MR) is 121 cm³/mol. The molecule has 154 valence electrons. The Morgan fingerprint density at radius 3 is 2.70 bits per heavy atom. The third-order valence-corrected chi connectivity index (χ3v) is 5.71. The highest BCUT2D eigenvalue weighted by molar-refractivity contribution is 6.31. The van der Waals surface area contributed by atoms with Gasteiger partial charge in [0, 0.05) is 36.4 Å². The van der Waals surface area contributed by atoms with Crippen LogP contribution in [0.25, 0.3) is 11.3 Å². The normalized spacial score (nSPS) is 14.4. The van der Waals surface area contributed by atoms with Gasteiger partial charge in [0.1, 0.15) is 0 Å². The lowest BCUT2D eigenvalue weighted by molar-refractivity contribution is -0.122. The van der Waals surface area contributed by atoms with Crippen molar-refractivity contribution in [3.63, 3.8) is 0 Å². The SMILES string of the molecule is Cc1ccc(-n2cc(C3=CCN(CC(=O)NCc4ccccc4Cl)CC3)cn2)cc1. The van der Waals surface area contributed by atoms with Gasteiger partial charge in [-0.1, -0.05) is 53.6 Å². The number of amides is 1. The van der Waals surface area contributed by atoms with Gasteiger partial charge in [-0.2, -0.15) is 5.10 Å². The second kappa shape index (κ2) is 9.28. The molecule has 2 heterocycles. The molecule has 2 aromatic carbocycles. The van der Waals surface area contributed by atoms with Crippen LogP contribution in [0.5, 0.6) is 0 Å². The van der Waals surface area contributed by atoms with Gasteiger partial charge in [0.2, 0.25) is 5.91 Å². The summed E-state index contributed by atoms with van der Waals surface area (Å²) in [5.74, 6) is 0.0129. The van der Waals surface area contributed by atoms with Crippen molar-refractivity contribution in [2.45, 2.75) is 19.9 Å². The van der Waals surface area contributed by atoms with Gasteiger partial charge >= 0.3 is 0 Å². The maximum atomic E-state index is 12.3. The standard InChI is InChI=1S/C24H25ClN4O/c1-18-6-8-22(9-7-18)29-16-21(15-27-29)19-10-12-28(13-11-19)17-24(30)26-14-20-4-2-3-5-23(20)25/h2-10,15-16H,11-14,17H2,1H3,(H,26,30). The van der Waals surface area contributed by atoms with E-state index < -0.39 is 0 Å². The molecule has 30 heavy (non-hydrogen) atoms. The number of aromatic nitrogens is 2. The van der Waals surface area contributed by atoms with Gasteiger partial charge in [0.05, 0.1) is 18.4 Å². The maximum Gasteiger partial charge on any atom is 0.234 e. The smallest absolute Gasteiger partial charge is 0.234 e. The molecule has 1 aromatic heterocycles. The van der Waals surface area contributed by atoms with Gasteiger partial charge < -0.3 is 5.32 Å². The quantitative estimate of drug-likeness (QED) is 0.648. The number of carbonyl (C=O) groups is 1. The maximum absolute atomic E-state index is 12.3. The Morgan fingerprint density at radius 2 is 1.97 bits per heavy atom. The molecule has 0 bridgehead atoms. The second-order valence-corrected chi connectivity index (χ2v) is 8.00. The Bertz CT molecular complexity index is 1060. The van der Waals surface area contributed by atoms with Gasteiger partial charge in [-0.05, 0) is 42.7 Å². The lowest BCUT2D eigenvalue weighted by atomic mass is 10.0. The number of hydrogen-bond acceptors (Lipinski definition) is 3. The van der Waals surface area contributed by atoms with Crippen LogP contribution < -0.4 is 5.32 Å². The van der Waals surface area contributed by atoms with Crippen molar-refractivity contribution in [2.24, 2.45) is 0 Å². The molecule has 3 aromatic rings. The van der Waals surface area contributed by atoms with Gasteiger partial charge in [0.25, 0.3) is 0 Å². The number of rotatable bonds is 6. The Kier molecular flexibility index (Phi) is 6.31. The summed E-state index contributed by atoms with van der Waals surface area (Å²) < 4.78 is 1.91. The molecule has 0 aliphatic carbocycles. The first kappa shape index (κ1) is 20.4. The molecular formula is C24H25ClN4O.